The molecule has 2 aliphatic rings. The van der Waals surface area contributed by atoms with Gasteiger partial charge in [0, 0.05) is 27.4 Å². The maximum absolute atomic E-state index is 9.49. The monoisotopic (exact) mass is 394 g/mol. The highest BCUT2D eigenvalue weighted by Gasteiger charge is 2.44. The third-order valence-corrected chi connectivity index (χ3v) is 7.49. The summed E-state index contributed by atoms with van der Waals surface area (Å²) in [5.41, 5.74) is 11.4. The number of benzene rings is 4. The zero-order valence-corrected chi connectivity index (χ0v) is 17.5. The predicted octanol–water partition coefficient (Wildman–Crippen LogP) is 4.12. The minimum atomic E-state index is -0.0548. The van der Waals surface area contributed by atoms with Gasteiger partial charge in [0.05, 0.1) is 17.1 Å². The van der Waals surface area contributed by atoms with Crippen LogP contribution in [0.2, 0.25) is 0 Å². The molecule has 0 aliphatic carbocycles. The second kappa shape index (κ2) is 5.48. The number of nitriles is 1. The van der Waals surface area contributed by atoms with Crippen LogP contribution >= 0.6 is 0 Å². The molecule has 2 aliphatic heterocycles. The molecule has 0 spiro atoms. The molecule has 0 bridgehead atoms. The molecular weight excluding hydrogens is 375 g/mol. The topological polar surface area (TPSA) is 28.7 Å². The van der Waals surface area contributed by atoms with Gasteiger partial charge in [-0.15, -0.1) is 0 Å². The predicted molar refractivity (Wildman–Crippen MR) is 129 cm³/mol. The van der Waals surface area contributed by atoms with Crippen molar-refractivity contribution in [3.63, 3.8) is 0 Å². The summed E-state index contributed by atoms with van der Waals surface area (Å²) in [6, 6.07) is 30.8. The lowest BCUT2D eigenvalue weighted by Crippen LogP contribution is -2.63. The van der Waals surface area contributed by atoms with Crippen molar-refractivity contribution < 1.29 is 0 Å². The van der Waals surface area contributed by atoms with Crippen LogP contribution in [0, 0.1) is 11.3 Å². The molecular formula is C28H19BN2. The van der Waals surface area contributed by atoms with Crippen LogP contribution in [0.1, 0.15) is 30.5 Å². The molecule has 0 atom stereocenters. The van der Waals surface area contributed by atoms with E-state index in [-0.39, 0.29) is 12.1 Å². The van der Waals surface area contributed by atoms with Gasteiger partial charge >= 0.3 is 0 Å². The summed E-state index contributed by atoms with van der Waals surface area (Å²) in [6.07, 6.45) is 0. The van der Waals surface area contributed by atoms with E-state index in [1.807, 2.05) is 12.1 Å². The Morgan fingerprint density at radius 2 is 1.58 bits per heavy atom. The maximum atomic E-state index is 9.49. The molecule has 31 heavy (non-hydrogen) atoms. The lowest BCUT2D eigenvalue weighted by atomic mass is 9.30. The first-order valence-electron chi connectivity index (χ1n) is 10.8. The van der Waals surface area contributed by atoms with Gasteiger partial charge in [0.25, 0.3) is 0 Å². The zero-order chi connectivity index (χ0) is 20.9. The van der Waals surface area contributed by atoms with E-state index in [2.05, 4.69) is 91.2 Å². The van der Waals surface area contributed by atoms with Gasteiger partial charge < -0.3 is 4.57 Å². The first-order valence-corrected chi connectivity index (χ1v) is 10.8. The van der Waals surface area contributed by atoms with Crippen LogP contribution in [-0.2, 0) is 5.41 Å². The van der Waals surface area contributed by atoms with E-state index in [1.54, 1.807) is 0 Å². The maximum Gasteiger partial charge on any atom is 0.247 e. The van der Waals surface area contributed by atoms with Gasteiger partial charge in [-0.3, -0.25) is 0 Å². The summed E-state index contributed by atoms with van der Waals surface area (Å²) in [4.78, 5) is 0. The standard InChI is InChI=1S/C28H19BN2/c1-28(2)20-8-3-4-10-22(20)29-23-11-5-7-18-19-15-17(16-30)13-14-24(19)31(27(18)23)25-12-6-9-21(28)26(25)29/h3-15H,1-2H3. The van der Waals surface area contributed by atoms with Gasteiger partial charge in [-0.1, -0.05) is 73.9 Å². The number of hydrogen-bond acceptors (Lipinski definition) is 1. The largest absolute Gasteiger partial charge is 0.310 e. The second-order valence-corrected chi connectivity index (χ2v) is 9.31. The normalized spacial score (nSPS) is 14.9. The minimum Gasteiger partial charge on any atom is -0.310 e. The SMILES string of the molecule is CC1(C)c2ccccc2B2c3c(cccc31)-n1c3ccc(C#N)cc3c3cccc2c31. The highest BCUT2D eigenvalue weighted by Crippen LogP contribution is 2.39. The van der Waals surface area contributed by atoms with E-state index in [0.717, 1.165) is 5.39 Å². The van der Waals surface area contributed by atoms with E-state index < -0.39 is 0 Å². The molecule has 0 radical (unpaired) electrons. The Labute approximate surface area is 181 Å². The summed E-state index contributed by atoms with van der Waals surface area (Å²) in [6.45, 7) is 4.92. The molecule has 7 rings (SSSR count). The van der Waals surface area contributed by atoms with Gasteiger partial charge in [-0.05, 0) is 46.3 Å². The molecule has 4 aromatic carbocycles. The van der Waals surface area contributed by atoms with E-state index in [1.165, 1.54) is 49.6 Å². The number of nitrogens with zero attached hydrogens (tertiary/aromatic N) is 2. The molecule has 0 saturated carbocycles. The third-order valence-electron chi connectivity index (χ3n) is 7.49. The quantitative estimate of drug-likeness (QED) is 0.356. The van der Waals surface area contributed by atoms with Gasteiger partial charge in [-0.2, -0.15) is 5.26 Å². The average Bonchev–Trinajstić information content (AvgIpc) is 3.14. The molecule has 0 fully saturated rings. The summed E-state index contributed by atoms with van der Waals surface area (Å²) in [5, 5.41) is 11.9. The summed E-state index contributed by atoms with van der Waals surface area (Å²) < 4.78 is 2.43. The molecule has 0 N–H and O–H groups in total. The van der Waals surface area contributed by atoms with Crippen LogP contribution in [0.15, 0.2) is 78.9 Å². The Morgan fingerprint density at radius 3 is 2.45 bits per heavy atom. The Balaban J connectivity index is 1.74. The van der Waals surface area contributed by atoms with Crippen molar-refractivity contribution in [2.45, 2.75) is 19.3 Å². The number of para-hydroxylation sites is 1. The first-order chi connectivity index (χ1) is 15.1. The molecule has 3 heteroatoms. The summed E-state index contributed by atoms with van der Waals surface area (Å²) in [7, 11) is 0. The van der Waals surface area contributed by atoms with E-state index in [9.17, 15) is 5.26 Å². The van der Waals surface area contributed by atoms with Crippen molar-refractivity contribution in [1.29, 1.82) is 5.26 Å². The third kappa shape index (κ3) is 1.89. The zero-order valence-electron chi connectivity index (χ0n) is 17.5. The van der Waals surface area contributed by atoms with E-state index in [0.29, 0.717) is 5.56 Å². The summed E-state index contributed by atoms with van der Waals surface area (Å²) >= 11 is 0. The Bertz CT molecular complexity index is 1630. The number of rotatable bonds is 0. The minimum absolute atomic E-state index is 0.0548. The van der Waals surface area contributed by atoms with Crippen LogP contribution < -0.4 is 16.4 Å². The number of fused-ring (bicyclic) bond motifs is 7. The smallest absolute Gasteiger partial charge is 0.247 e. The van der Waals surface area contributed by atoms with E-state index >= 15 is 0 Å². The Hall–Kier alpha value is -3.77. The Morgan fingerprint density at radius 1 is 0.806 bits per heavy atom. The van der Waals surface area contributed by atoms with E-state index in [4.69, 9.17) is 0 Å². The van der Waals surface area contributed by atoms with Gasteiger partial charge in [0.2, 0.25) is 6.71 Å². The number of hydrogen-bond donors (Lipinski definition) is 0. The molecule has 144 valence electrons. The molecule has 2 nitrogen and oxygen atoms in total. The van der Waals surface area contributed by atoms with Crippen molar-refractivity contribution in [2.75, 3.05) is 0 Å². The molecule has 3 heterocycles. The van der Waals surface area contributed by atoms with Crippen LogP contribution in [0.25, 0.3) is 27.5 Å². The fourth-order valence-corrected chi connectivity index (χ4v) is 6.19. The Kier molecular flexibility index (Phi) is 3.00. The average molecular weight is 394 g/mol. The fourth-order valence-electron chi connectivity index (χ4n) is 6.19. The molecule has 0 saturated heterocycles. The van der Waals surface area contributed by atoms with Crippen molar-refractivity contribution >= 4 is 44.9 Å². The van der Waals surface area contributed by atoms with Gasteiger partial charge in [0.15, 0.2) is 0 Å². The highest BCUT2D eigenvalue weighted by atomic mass is 15.0. The van der Waals surface area contributed by atoms with Crippen LogP contribution in [0.4, 0.5) is 0 Å². The molecule has 5 aromatic rings. The lowest BCUT2D eigenvalue weighted by molar-refractivity contribution is 0.645. The fraction of sp³-hybridized carbons (Fsp3) is 0.107. The van der Waals surface area contributed by atoms with Crippen molar-refractivity contribution in [2.24, 2.45) is 0 Å². The second-order valence-electron chi connectivity index (χ2n) is 9.31. The highest BCUT2D eigenvalue weighted by molar-refractivity contribution is 6.99. The van der Waals surface area contributed by atoms with Crippen molar-refractivity contribution in [3.05, 3.63) is 95.6 Å². The lowest BCUT2D eigenvalue weighted by Gasteiger charge is -2.41. The van der Waals surface area contributed by atoms with Crippen LogP contribution in [0.3, 0.4) is 0 Å². The number of aromatic nitrogens is 1. The van der Waals surface area contributed by atoms with Crippen LogP contribution in [0.5, 0.6) is 0 Å². The van der Waals surface area contributed by atoms with Crippen molar-refractivity contribution in [1.82, 2.24) is 4.57 Å². The first kappa shape index (κ1) is 17.0. The molecule has 1 aromatic heterocycles. The van der Waals surface area contributed by atoms with Gasteiger partial charge in [0.1, 0.15) is 0 Å². The molecule has 0 amide bonds. The van der Waals surface area contributed by atoms with Crippen molar-refractivity contribution in [3.8, 4) is 11.8 Å². The summed E-state index contributed by atoms with van der Waals surface area (Å²) in [5.74, 6) is 0. The van der Waals surface area contributed by atoms with Gasteiger partial charge in [-0.25, -0.2) is 0 Å². The van der Waals surface area contributed by atoms with Crippen LogP contribution in [-0.4, -0.2) is 11.3 Å². The molecule has 0 unspecified atom stereocenters.